The minimum atomic E-state index is -0.461. The molecule has 0 aliphatic heterocycles. The van der Waals surface area contributed by atoms with Gasteiger partial charge in [-0.3, -0.25) is 4.79 Å². The predicted octanol–water partition coefficient (Wildman–Crippen LogP) is 1.99. The Morgan fingerprint density at radius 3 is 2.78 bits per heavy atom. The molecule has 18 heavy (non-hydrogen) atoms. The maximum atomic E-state index is 11.0. The van der Waals surface area contributed by atoms with E-state index in [1.54, 1.807) is 18.2 Å². The van der Waals surface area contributed by atoms with Gasteiger partial charge in [0.05, 0.1) is 10.7 Å². The zero-order valence-corrected chi connectivity index (χ0v) is 11.0. The number of halogens is 1. The van der Waals surface area contributed by atoms with E-state index in [0.717, 1.165) is 31.2 Å². The Balaban J connectivity index is 1.75. The van der Waals surface area contributed by atoms with Gasteiger partial charge in [0, 0.05) is 18.2 Å². The lowest BCUT2D eigenvalue weighted by Crippen LogP contribution is -2.20. The molecule has 2 rings (SSSR count). The van der Waals surface area contributed by atoms with Crippen LogP contribution in [0.5, 0.6) is 0 Å². The van der Waals surface area contributed by atoms with Gasteiger partial charge in [0.15, 0.2) is 0 Å². The number of nitrogens with one attached hydrogen (secondary N) is 2. The second kappa shape index (κ2) is 6.07. The Hall–Kier alpha value is -1.26. The second-order valence-corrected chi connectivity index (χ2v) is 4.97. The first-order chi connectivity index (χ1) is 8.66. The molecule has 0 atom stereocenters. The van der Waals surface area contributed by atoms with Crippen LogP contribution in [0.15, 0.2) is 18.2 Å². The zero-order chi connectivity index (χ0) is 13.0. The molecule has 98 valence electrons. The lowest BCUT2D eigenvalue weighted by Gasteiger charge is -2.09. The molecule has 0 heterocycles. The Morgan fingerprint density at radius 2 is 2.17 bits per heavy atom. The SMILES string of the molecule is NC(=O)c1ccc(NCCCNC2CC2)c(Cl)c1. The quantitative estimate of drug-likeness (QED) is 0.662. The fourth-order valence-corrected chi connectivity index (χ4v) is 1.96. The van der Waals surface area contributed by atoms with Crippen molar-refractivity contribution in [2.24, 2.45) is 5.73 Å². The molecule has 0 radical (unpaired) electrons. The highest BCUT2D eigenvalue weighted by Crippen LogP contribution is 2.23. The molecular formula is C13H18ClN3O. The van der Waals surface area contributed by atoms with Gasteiger partial charge in [-0.2, -0.15) is 0 Å². The molecule has 1 aliphatic carbocycles. The molecule has 0 spiro atoms. The number of amides is 1. The van der Waals surface area contributed by atoms with Crippen LogP contribution in [0.3, 0.4) is 0 Å². The van der Waals surface area contributed by atoms with E-state index in [4.69, 9.17) is 17.3 Å². The summed E-state index contributed by atoms with van der Waals surface area (Å²) in [4.78, 5) is 11.0. The highest BCUT2D eigenvalue weighted by atomic mass is 35.5. The minimum Gasteiger partial charge on any atom is -0.384 e. The maximum Gasteiger partial charge on any atom is 0.248 e. The minimum absolute atomic E-state index is 0.431. The molecule has 1 aliphatic rings. The van der Waals surface area contributed by atoms with Crippen molar-refractivity contribution in [3.63, 3.8) is 0 Å². The Morgan fingerprint density at radius 1 is 1.39 bits per heavy atom. The molecule has 4 N–H and O–H groups in total. The van der Waals surface area contributed by atoms with E-state index in [1.165, 1.54) is 12.8 Å². The number of nitrogens with two attached hydrogens (primary N) is 1. The Labute approximate surface area is 112 Å². The first-order valence-corrected chi connectivity index (χ1v) is 6.61. The van der Waals surface area contributed by atoms with Gasteiger partial charge in [-0.1, -0.05) is 11.6 Å². The van der Waals surface area contributed by atoms with Crippen LogP contribution in [-0.2, 0) is 0 Å². The van der Waals surface area contributed by atoms with Crippen LogP contribution in [0, 0.1) is 0 Å². The van der Waals surface area contributed by atoms with E-state index in [2.05, 4.69) is 10.6 Å². The van der Waals surface area contributed by atoms with Crippen LogP contribution >= 0.6 is 11.6 Å². The lowest BCUT2D eigenvalue weighted by atomic mass is 10.2. The number of hydrogen-bond acceptors (Lipinski definition) is 3. The van der Waals surface area contributed by atoms with Gasteiger partial charge in [-0.25, -0.2) is 0 Å². The molecule has 1 aromatic rings. The summed E-state index contributed by atoms with van der Waals surface area (Å²) in [6.45, 7) is 1.88. The summed E-state index contributed by atoms with van der Waals surface area (Å²) in [6.07, 6.45) is 3.67. The van der Waals surface area contributed by atoms with Crippen LogP contribution in [0.4, 0.5) is 5.69 Å². The third kappa shape index (κ3) is 3.89. The normalized spacial score (nSPS) is 14.5. The summed E-state index contributed by atoms with van der Waals surface area (Å²) < 4.78 is 0. The van der Waals surface area contributed by atoms with E-state index < -0.39 is 5.91 Å². The smallest absolute Gasteiger partial charge is 0.248 e. The highest BCUT2D eigenvalue weighted by Gasteiger charge is 2.19. The van der Waals surface area contributed by atoms with E-state index >= 15 is 0 Å². The summed E-state index contributed by atoms with van der Waals surface area (Å²) in [5.74, 6) is -0.461. The second-order valence-electron chi connectivity index (χ2n) is 4.57. The van der Waals surface area contributed by atoms with Gasteiger partial charge in [-0.05, 0) is 44.0 Å². The standard InChI is InChI=1S/C13H18ClN3O/c14-11-8-9(13(15)18)2-5-12(11)17-7-1-6-16-10-3-4-10/h2,5,8,10,16-17H,1,3-4,6-7H2,(H2,15,18). The van der Waals surface area contributed by atoms with Crippen LogP contribution in [0.1, 0.15) is 29.6 Å². The molecule has 1 fully saturated rings. The van der Waals surface area contributed by atoms with Crippen molar-refractivity contribution in [3.05, 3.63) is 28.8 Å². The van der Waals surface area contributed by atoms with Crippen molar-refractivity contribution >= 4 is 23.2 Å². The van der Waals surface area contributed by atoms with E-state index in [9.17, 15) is 4.79 Å². The number of benzene rings is 1. The molecule has 5 heteroatoms. The number of hydrogen-bond donors (Lipinski definition) is 3. The summed E-state index contributed by atoms with van der Waals surface area (Å²) in [5, 5.41) is 7.23. The average Bonchev–Trinajstić information content (AvgIpc) is 3.14. The zero-order valence-electron chi connectivity index (χ0n) is 10.2. The summed E-state index contributed by atoms with van der Waals surface area (Å²) in [7, 11) is 0. The van der Waals surface area contributed by atoms with Crippen molar-refractivity contribution in [3.8, 4) is 0 Å². The van der Waals surface area contributed by atoms with Crippen LogP contribution in [-0.4, -0.2) is 25.0 Å². The molecule has 0 saturated heterocycles. The van der Waals surface area contributed by atoms with Gasteiger partial charge in [-0.15, -0.1) is 0 Å². The highest BCUT2D eigenvalue weighted by molar-refractivity contribution is 6.33. The van der Waals surface area contributed by atoms with E-state index in [0.29, 0.717) is 10.6 Å². The van der Waals surface area contributed by atoms with Crippen molar-refractivity contribution < 1.29 is 4.79 Å². The van der Waals surface area contributed by atoms with Crippen LogP contribution in [0.25, 0.3) is 0 Å². The molecule has 4 nitrogen and oxygen atoms in total. The monoisotopic (exact) mass is 267 g/mol. The van der Waals surface area contributed by atoms with Crippen LogP contribution in [0.2, 0.25) is 5.02 Å². The van der Waals surface area contributed by atoms with Gasteiger partial charge in [0.1, 0.15) is 0 Å². The Kier molecular flexibility index (Phi) is 4.44. The van der Waals surface area contributed by atoms with Gasteiger partial charge < -0.3 is 16.4 Å². The average molecular weight is 268 g/mol. The van der Waals surface area contributed by atoms with E-state index in [-0.39, 0.29) is 0 Å². The molecule has 0 unspecified atom stereocenters. The fraction of sp³-hybridized carbons (Fsp3) is 0.462. The number of anilines is 1. The predicted molar refractivity (Wildman–Crippen MR) is 74.1 cm³/mol. The van der Waals surface area contributed by atoms with Gasteiger partial charge in [0.2, 0.25) is 5.91 Å². The molecular weight excluding hydrogens is 250 g/mol. The van der Waals surface area contributed by atoms with Crippen LogP contribution < -0.4 is 16.4 Å². The van der Waals surface area contributed by atoms with Gasteiger partial charge >= 0.3 is 0 Å². The summed E-state index contributed by atoms with van der Waals surface area (Å²) >= 11 is 6.06. The summed E-state index contributed by atoms with van der Waals surface area (Å²) in [5.41, 5.74) is 6.45. The molecule has 0 bridgehead atoms. The molecule has 1 saturated carbocycles. The van der Waals surface area contributed by atoms with Crippen molar-refractivity contribution in [2.75, 3.05) is 18.4 Å². The number of carbonyl (C=O) groups excluding carboxylic acids is 1. The molecule has 1 amide bonds. The fourth-order valence-electron chi connectivity index (χ4n) is 1.72. The third-order valence-corrected chi connectivity index (χ3v) is 3.25. The number of primary amides is 1. The maximum absolute atomic E-state index is 11.0. The van der Waals surface area contributed by atoms with Crippen molar-refractivity contribution in [1.29, 1.82) is 0 Å². The Bertz CT molecular complexity index is 432. The first-order valence-electron chi connectivity index (χ1n) is 6.23. The largest absolute Gasteiger partial charge is 0.384 e. The van der Waals surface area contributed by atoms with Crippen molar-refractivity contribution in [2.45, 2.75) is 25.3 Å². The third-order valence-electron chi connectivity index (χ3n) is 2.93. The first kappa shape index (κ1) is 13.2. The topological polar surface area (TPSA) is 67.2 Å². The molecule has 0 aromatic heterocycles. The number of rotatable bonds is 7. The lowest BCUT2D eigenvalue weighted by molar-refractivity contribution is 0.100. The van der Waals surface area contributed by atoms with Crippen molar-refractivity contribution in [1.82, 2.24) is 5.32 Å². The number of carbonyl (C=O) groups is 1. The van der Waals surface area contributed by atoms with Gasteiger partial charge in [0.25, 0.3) is 0 Å². The van der Waals surface area contributed by atoms with E-state index in [1.807, 2.05) is 0 Å². The molecule has 1 aromatic carbocycles. The summed E-state index contributed by atoms with van der Waals surface area (Å²) in [6, 6.07) is 5.81.